The molecule has 0 amide bonds. The number of nitrogens with one attached hydrogen (secondary N) is 1. The smallest absolute Gasteiger partial charge is 0.353 e. The molecule has 0 saturated carbocycles. The first-order valence-corrected chi connectivity index (χ1v) is 5.60. The van der Waals surface area contributed by atoms with E-state index in [1.54, 1.807) is 13.8 Å². The van der Waals surface area contributed by atoms with Crippen molar-refractivity contribution in [2.24, 2.45) is 0 Å². The minimum absolute atomic E-state index is 0.0683. The number of rotatable bonds is 7. The van der Waals surface area contributed by atoms with Gasteiger partial charge in [-0.3, -0.25) is 5.41 Å². The summed E-state index contributed by atoms with van der Waals surface area (Å²) in [5, 5.41) is 7.43. The number of alkyl halides is 1. The summed E-state index contributed by atoms with van der Waals surface area (Å²) in [7, 11) is 0. The summed E-state index contributed by atoms with van der Waals surface area (Å²) in [6.07, 6.45) is 1.18. The minimum Gasteiger partial charge on any atom is -0.479 e. The molecule has 0 spiro atoms. The van der Waals surface area contributed by atoms with Gasteiger partial charge < -0.3 is 9.47 Å². The van der Waals surface area contributed by atoms with Gasteiger partial charge in [0.2, 0.25) is 5.90 Å². The molecular formula is C11H20FNO3. The molecule has 16 heavy (non-hydrogen) atoms. The van der Waals surface area contributed by atoms with Gasteiger partial charge in [-0.2, -0.15) is 0 Å². The molecule has 0 bridgehead atoms. The van der Waals surface area contributed by atoms with E-state index in [1.165, 1.54) is 0 Å². The van der Waals surface area contributed by atoms with E-state index in [2.05, 4.69) is 4.74 Å². The normalized spacial score (nSPS) is 14.0. The van der Waals surface area contributed by atoms with Gasteiger partial charge in [-0.15, -0.1) is 0 Å². The molecule has 94 valence electrons. The van der Waals surface area contributed by atoms with Gasteiger partial charge in [0, 0.05) is 6.42 Å². The van der Waals surface area contributed by atoms with Crippen LogP contribution in [0.5, 0.6) is 0 Å². The highest BCUT2D eigenvalue weighted by Gasteiger charge is 2.46. The first-order valence-electron chi connectivity index (χ1n) is 5.60. The van der Waals surface area contributed by atoms with E-state index < -0.39 is 17.5 Å². The third-order valence-electron chi connectivity index (χ3n) is 2.12. The molecular weight excluding hydrogens is 213 g/mol. The predicted molar refractivity (Wildman–Crippen MR) is 59.3 cm³/mol. The van der Waals surface area contributed by atoms with Crippen molar-refractivity contribution in [3.63, 3.8) is 0 Å². The van der Waals surface area contributed by atoms with E-state index in [1.807, 2.05) is 6.92 Å². The molecule has 0 aliphatic rings. The zero-order chi connectivity index (χ0) is 12.6. The number of hydrogen-bond donors (Lipinski definition) is 1. The fourth-order valence-electron chi connectivity index (χ4n) is 1.23. The fourth-order valence-corrected chi connectivity index (χ4v) is 1.23. The summed E-state index contributed by atoms with van der Waals surface area (Å²) in [5.41, 5.74) is -2.43. The van der Waals surface area contributed by atoms with Crippen LogP contribution in [-0.2, 0) is 14.3 Å². The molecule has 0 rings (SSSR count). The lowest BCUT2D eigenvalue weighted by Gasteiger charge is -2.23. The number of hydrogen-bond acceptors (Lipinski definition) is 4. The van der Waals surface area contributed by atoms with Crippen LogP contribution in [0.3, 0.4) is 0 Å². The number of unbranched alkanes of at least 4 members (excludes halogenated alkanes) is 1. The molecule has 0 heterocycles. The Balaban J connectivity index is 4.71. The highest BCUT2D eigenvalue weighted by molar-refractivity contribution is 6.04. The number of esters is 1. The summed E-state index contributed by atoms with van der Waals surface area (Å²) in [4.78, 5) is 11.5. The summed E-state index contributed by atoms with van der Waals surface area (Å²) >= 11 is 0. The van der Waals surface area contributed by atoms with Crippen LogP contribution in [0.15, 0.2) is 0 Å². The van der Waals surface area contributed by atoms with Gasteiger partial charge in [-0.25, -0.2) is 9.18 Å². The average molecular weight is 233 g/mol. The minimum atomic E-state index is -2.43. The second kappa shape index (κ2) is 7.19. The second-order valence-corrected chi connectivity index (χ2v) is 3.39. The summed E-state index contributed by atoms with van der Waals surface area (Å²) in [5.74, 6) is -1.68. The van der Waals surface area contributed by atoms with Crippen molar-refractivity contribution in [1.29, 1.82) is 5.41 Å². The maximum atomic E-state index is 14.3. The zero-order valence-electron chi connectivity index (χ0n) is 10.1. The summed E-state index contributed by atoms with van der Waals surface area (Å²) < 4.78 is 23.7. The molecule has 0 aliphatic heterocycles. The SMILES string of the molecule is CCCC[C@](F)(C(=N)OCC)C(=O)OCC. The lowest BCUT2D eigenvalue weighted by molar-refractivity contribution is -0.154. The van der Waals surface area contributed by atoms with Crippen LogP contribution in [0.4, 0.5) is 4.39 Å². The van der Waals surface area contributed by atoms with Crippen molar-refractivity contribution in [3.8, 4) is 0 Å². The van der Waals surface area contributed by atoms with E-state index in [0.717, 1.165) is 6.42 Å². The average Bonchev–Trinajstić information content (AvgIpc) is 2.26. The fraction of sp³-hybridized carbons (Fsp3) is 0.818. The number of carbonyl (C=O) groups is 1. The van der Waals surface area contributed by atoms with Crippen molar-refractivity contribution in [1.82, 2.24) is 0 Å². The van der Waals surface area contributed by atoms with Crippen LogP contribution in [0.25, 0.3) is 0 Å². The summed E-state index contributed by atoms with van der Waals surface area (Å²) in [6.45, 7) is 5.38. The number of halogens is 1. The van der Waals surface area contributed by atoms with Gasteiger partial charge in [0.25, 0.3) is 5.67 Å². The van der Waals surface area contributed by atoms with Gasteiger partial charge >= 0.3 is 5.97 Å². The second-order valence-electron chi connectivity index (χ2n) is 3.39. The maximum Gasteiger partial charge on any atom is 0.353 e. The number of carbonyl (C=O) groups excluding carboxylic acids is 1. The third-order valence-corrected chi connectivity index (χ3v) is 2.12. The van der Waals surface area contributed by atoms with Gasteiger partial charge in [0.05, 0.1) is 13.2 Å². The Kier molecular flexibility index (Phi) is 6.69. The van der Waals surface area contributed by atoms with Crippen LogP contribution in [0.1, 0.15) is 40.0 Å². The lowest BCUT2D eigenvalue weighted by Crippen LogP contribution is -2.44. The van der Waals surface area contributed by atoms with E-state index in [4.69, 9.17) is 10.1 Å². The third kappa shape index (κ3) is 3.79. The van der Waals surface area contributed by atoms with Crippen LogP contribution in [-0.4, -0.2) is 30.7 Å². The van der Waals surface area contributed by atoms with Crippen molar-refractivity contribution in [3.05, 3.63) is 0 Å². The summed E-state index contributed by atoms with van der Waals surface area (Å²) in [6, 6.07) is 0. The van der Waals surface area contributed by atoms with Gasteiger partial charge in [-0.05, 0) is 20.3 Å². The molecule has 1 N–H and O–H groups in total. The van der Waals surface area contributed by atoms with E-state index in [9.17, 15) is 9.18 Å². The van der Waals surface area contributed by atoms with Crippen LogP contribution in [0, 0.1) is 5.41 Å². The maximum absolute atomic E-state index is 14.3. The van der Waals surface area contributed by atoms with Crippen molar-refractivity contribution in [2.45, 2.75) is 45.7 Å². The quantitative estimate of drug-likeness (QED) is 0.417. The molecule has 0 radical (unpaired) electrons. The van der Waals surface area contributed by atoms with Crippen LogP contribution >= 0.6 is 0 Å². The van der Waals surface area contributed by atoms with E-state index >= 15 is 0 Å². The van der Waals surface area contributed by atoms with Crippen LogP contribution in [0.2, 0.25) is 0 Å². The Morgan fingerprint density at radius 3 is 2.25 bits per heavy atom. The van der Waals surface area contributed by atoms with Crippen LogP contribution < -0.4 is 0 Å². The van der Waals surface area contributed by atoms with Crippen molar-refractivity contribution in [2.75, 3.05) is 13.2 Å². The Bertz CT molecular complexity index is 225. The molecule has 1 atom stereocenters. The molecule has 0 saturated heterocycles. The standard InChI is InChI=1S/C11H20FNO3/c1-4-7-8-11(12,9(13)15-5-2)10(14)16-6-3/h13H,4-8H2,1-3H3/t11-/m0/s1. The molecule has 4 nitrogen and oxygen atoms in total. The lowest BCUT2D eigenvalue weighted by atomic mass is 9.98. The first-order chi connectivity index (χ1) is 7.52. The van der Waals surface area contributed by atoms with Crippen molar-refractivity contribution < 1.29 is 18.7 Å². The Hall–Kier alpha value is -1.13. The zero-order valence-corrected chi connectivity index (χ0v) is 10.1. The number of ether oxygens (including phenoxy) is 2. The highest BCUT2D eigenvalue weighted by atomic mass is 19.1. The topological polar surface area (TPSA) is 59.4 Å². The molecule has 0 unspecified atom stereocenters. The molecule has 0 aliphatic carbocycles. The van der Waals surface area contributed by atoms with E-state index in [0.29, 0.717) is 6.42 Å². The predicted octanol–water partition coefficient (Wildman–Crippen LogP) is 2.46. The van der Waals surface area contributed by atoms with Gasteiger partial charge in [0.1, 0.15) is 0 Å². The Labute approximate surface area is 95.6 Å². The highest BCUT2D eigenvalue weighted by Crippen LogP contribution is 2.23. The monoisotopic (exact) mass is 233 g/mol. The Morgan fingerprint density at radius 1 is 1.25 bits per heavy atom. The van der Waals surface area contributed by atoms with Gasteiger partial charge in [-0.1, -0.05) is 13.3 Å². The largest absolute Gasteiger partial charge is 0.479 e. The molecule has 5 heteroatoms. The Morgan fingerprint density at radius 2 is 1.81 bits per heavy atom. The van der Waals surface area contributed by atoms with E-state index in [-0.39, 0.29) is 19.6 Å². The molecule has 0 aromatic heterocycles. The van der Waals surface area contributed by atoms with Crippen molar-refractivity contribution >= 4 is 11.9 Å². The first kappa shape index (κ1) is 14.9. The van der Waals surface area contributed by atoms with Gasteiger partial charge in [0.15, 0.2) is 0 Å². The molecule has 0 aromatic rings. The molecule has 0 aromatic carbocycles. The molecule has 0 fully saturated rings.